The molecule has 0 unspecified atom stereocenters. The monoisotopic (exact) mass is 272 g/mol. The summed E-state index contributed by atoms with van der Waals surface area (Å²) in [5.41, 5.74) is -0.956. The molecule has 0 aromatic rings. The summed E-state index contributed by atoms with van der Waals surface area (Å²) >= 11 is 0. The summed E-state index contributed by atoms with van der Waals surface area (Å²) in [4.78, 5) is 17.3. The Balaban J connectivity index is 4.90. The summed E-state index contributed by atoms with van der Waals surface area (Å²) in [7, 11) is -4.45. The Labute approximate surface area is 109 Å². The lowest BCUT2D eigenvalue weighted by molar-refractivity contribution is 0.114. The first-order valence-electron chi connectivity index (χ1n) is 5.62. The fraction of sp³-hybridized carbons (Fsp3) is 0.692. The molecule has 0 aromatic heterocycles. The van der Waals surface area contributed by atoms with Crippen molar-refractivity contribution in [2.45, 2.75) is 34.1 Å². The summed E-state index contributed by atoms with van der Waals surface area (Å²) in [5, 5.41) is 0. The van der Waals surface area contributed by atoms with E-state index in [1.54, 1.807) is 0 Å². The van der Waals surface area contributed by atoms with E-state index >= 15 is 0 Å². The highest BCUT2D eigenvalue weighted by atomic mass is 31.2. The van der Waals surface area contributed by atoms with Gasteiger partial charge in [0.1, 0.15) is 0 Å². The smallest absolute Gasteiger partial charge is 0.303 e. The van der Waals surface area contributed by atoms with Gasteiger partial charge in [0.25, 0.3) is 0 Å². The lowest BCUT2D eigenvalue weighted by Crippen LogP contribution is -2.35. The maximum absolute atomic E-state index is 10.6. The van der Waals surface area contributed by atoms with Crippen molar-refractivity contribution in [3.8, 4) is 24.7 Å². The predicted octanol–water partition coefficient (Wildman–Crippen LogP) is 2.42. The van der Waals surface area contributed by atoms with Gasteiger partial charge in [-0.3, -0.25) is 4.52 Å². The van der Waals surface area contributed by atoms with Crippen LogP contribution in [0, 0.1) is 41.4 Å². The lowest BCUT2D eigenvalue weighted by Gasteiger charge is -2.39. The van der Waals surface area contributed by atoms with Gasteiger partial charge in [-0.05, 0) is 40.0 Å². The van der Waals surface area contributed by atoms with Gasteiger partial charge in [0, 0.05) is 10.8 Å². The summed E-state index contributed by atoms with van der Waals surface area (Å²) in [6.45, 7) is 7.45. The van der Waals surface area contributed by atoms with Crippen LogP contribution in [0.4, 0.5) is 0 Å². The highest BCUT2D eigenvalue weighted by Gasteiger charge is 2.38. The molecule has 0 spiro atoms. The summed E-state index contributed by atoms with van der Waals surface area (Å²) in [5.74, 6) is 5.26. The molecule has 0 saturated carbocycles. The van der Waals surface area contributed by atoms with Crippen molar-refractivity contribution in [2.75, 3.05) is 6.61 Å². The normalized spacial score (nSPS) is 13.2. The van der Waals surface area contributed by atoms with Gasteiger partial charge in [0.15, 0.2) is 0 Å². The largest absolute Gasteiger partial charge is 0.469 e. The first-order chi connectivity index (χ1) is 7.96. The Morgan fingerprint density at radius 2 is 1.56 bits per heavy atom. The minimum atomic E-state index is -4.45. The fourth-order valence-corrected chi connectivity index (χ4v) is 2.46. The molecule has 0 aliphatic heterocycles. The maximum Gasteiger partial charge on any atom is 0.469 e. The SMILES string of the molecule is C#CC(C)(C)C(CCOP(=O)(O)O)C(C)(C)C#C. The highest BCUT2D eigenvalue weighted by Crippen LogP contribution is 2.43. The Kier molecular flexibility index (Phi) is 5.66. The van der Waals surface area contributed by atoms with E-state index in [0.29, 0.717) is 6.42 Å². The van der Waals surface area contributed by atoms with Crippen LogP contribution < -0.4 is 0 Å². The topological polar surface area (TPSA) is 66.8 Å². The number of terminal acetylenes is 2. The molecule has 0 heterocycles. The van der Waals surface area contributed by atoms with E-state index in [2.05, 4.69) is 16.4 Å². The molecule has 0 amide bonds. The average molecular weight is 272 g/mol. The molecule has 102 valence electrons. The molecule has 0 atom stereocenters. The number of phosphoric ester groups is 1. The van der Waals surface area contributed by atoms with Crippen molar-refractivity contribution >= 4 is 7.82 Å². The Hall–Kier alpha value is -0.770. The number of hydrogen-bond acceptors (Lipinski definition) is 2. The van der Waals surface area contributed by atoms with Crippen molar-refractivity contribution < 1.29 is 18.9 Å². The molecule has 0 rings (SSSR count). The number of rotatable bonds is 6. The summed E-state index contributed by atoms with van der Waals surface area (Å²) < 4.78 is 15.1. The zero-order valence-corrected chi connectivity index (χ0v) is 12.2. The number of phosphoric acid groups is 1. The van der Waals surface area contributed by atoms with E-state index in [0.717, 1.165) is 0 Å². The van der Waals surface area contributed by atoms with Crippen molar-refractivity contribution in [1.82, 2.24) is 0 Å². The van der Waals surface area contributed by atoms with Gasteiger partial charge in [-0.2, -0.15) is 0 Å². The highest BCUT2D eigenvalue weighted by molar-refractivity contribution is 7.46. The van der Waals surface area contributed by atoms with Gasteiger partial charge in [0.2, 0.25) is 0 Å². The van der Waals surface area contributed by atoms with Gasteiger partial charge in [0.05, 0.1) is 6.61 Å². The lowest BCUT2D eigenvalue weighted by atomic mass is 9.64. The average Bonchev–Trinajstić information content (AvgIpc) is 2.22. The molecule has 0 aliphatic carbocycles. The van der Waals surface area contributed by atoms with Crippen LogP contribution in [-0.2, 0) is 9.09 Å². The second-order valence-electron chi connectivity index (χ2n) is 5.40. The Bertz CT molecular complexity index is 380. The van der Waals surface area contributed by atoms with E-state index in [1.165, 1.54) is 0 Å². The van der Waals surface area contributed by atoms with E-state index < -0.39 is 18.7 Å². The van der Waals surface area contributed by atoms with E-state index in [1.807, 2.05) is 27.7 Å². The molecular weight excluding hydrogens is 251 g/mol. The van der Waals surface area contributed by atoms with Gasteiger partial charge >= 0.3 is 7.82 Å². The molecule has 0 fully saturated rings. The second kappa shape index (κ2) is 5.91. The Morgan fingerprint density at radius 3 is 1.83 bits per heavy atom. The zero-order chi connectivity index (χ0) is 14.6. The van der Waals surface area contributed by atoms with Gasteiger partial charge in [-0.15, -0.1) is 24.7 Å². The van der Waals surface area contributed by atoms with Gasteiger partial charge in [-0.25, -0.2) is 4.57 Å². The first-order valence-corrected chi connectivity index (χ1v) is 7.15. The van der Waals surface area contributed by atoms with E-state index in [4.69, 9.17) is 22.6 Å². The number of hydrogen-bond donors (Lipinski definition) is 2. The van der Waals surface area contributed by atoms with Crippen molar-refractivity contribution in [3.05, 3.63) is 0 Å². The third-order valence-electron chi connectivity index (χ3n) is 3.15. The minimum absolute atomic E-state index is 0.0782. The fourth-order valence-electron chi connectivity index (χ4n) is 2.11. The van der Waals surface area contributed by atoms with Crippen LogP contribution in [0.25, 0.3) is 0 Å². The first kappa shape index (κ1) is 17.2. The van der Waals surface area contributed by atoms with Crippen LogP contribution in [0.2, 0.25) is 0 Å². The molecule has 0 radical (unpaired) electrons. The molecule has 0 aromatic carbocycles. The third kappa shape index (κ3) is 5.25. The van der Waals surface area contributed by atoms with Gasteiger partial charge < -0.3 is 9.79 Å². The Morgan fingerprint density at radius 1 is 1.17 bits per heavy atom. The van der Waals surface area contributed by atoms with Crippen LogP contribution >= 0.6 is 7.82 Å². The quantitative estimate of drug-likeness (QED) is 0.575. The van der Waals surface area contributed by atoms with Crippen LogP contribution in [0.3, 0.4) is 0 Å². The van der Waals surface area contributed by atoms with Crippen LogP contribution in [0.1, 0.15) is 34.1 Å². The van der Waals surface area contributed by atoms with Crippen molar-refractivity contribution in [3.63, 3.8) is 0 Å². The molecule has 4 nitrogen and oxygen atoms in total. The van der Waals surface area contributed by atoms with Crippen molar-refractivity contribution in [2.24, 2.45) is 16.7 Å². The zero-order valence-electron chi connectivity index (χ0n) is 11.3. The summed E-state index contributed by atoms with van der Waals surface area (Å²) in [6.07, 6.45) is 11.4. The molecule has 0 bridgehead atoms. The molecular formula is C13H21O4P. The van der Waals surface area contributed by atoms with E-state index in [9.17, 15) is 4.57 Å². The molecule has 0 aliphatic rings. The second-order valence-corrected chi connectivity index (χ2v) is 6.64. The molecule has 18 heavy (non-hydrogen) atoms. The van der Waals surface area contributed by atoms with Gasteiger partial charge in [-0.1, -0.05) is 0 Å². The van der Waals surface area contributed by atoms with Crippen LogP contribution in [0.15, 0.2) is 0 Å². The van der Waals surface area contributed by atoms with Crippen LogP contribution in [0.5, 0.6) is 0 Å². The maximum atomic E-state index is 10.6. The minimum Gasteiger partial charge on any atom is -0.303 e. The van der Waals surface area contributed by atoms with E-state index in [-0.39, 0.29) is 12.5 Å². The molecule has 0 saturated heterocycles. The molecule has 5 heteroatoms. The standard InChI is InChI=1S/C13H21O4P/c1-7-12(3,4)11(13(5,6)8-2)9-10-17-18(14,15)16/h1-2,11H,9-10H2,3-6H3,(H2,14,15,16). The predicted molar refractivity (Wildman–Crippen MR) is 71.3 cm³/mol. The third-order valence-corrected chi connectivity index (χ3v) is 3.67. The summed E-state index contributed by atoms with van der Waals surface area (Å²) in [6, 6.07) is 0. The van der Waals surface area contributed by atoms with Crippen LogP contribution in [-0.4, -0.2) is 16.4 Å². The molecule has 2 N–H and O–H groups in total. The van der Waals surface area contributed by atoms with Crippen molar-refractivity contribution in [1.29, 1.82) is 0 Å².